The number of thioether (sulfide) groups is 1. The highest BCUT2D eigenvalue weighted by Gasteiger charge is 2.39. The molecule has 2 heterocycles. The van der Waals surface area contributed by atoms with E-state index in [1.54, 1.807) is 6.92 Å². The van der Waals surface area contributed by atoms with Gasteiger partial charge in [0.25, 0.3) is 0 Å². The normalized spacial score (nSPS) is 26.5. The summed E-state index contributed by atoms with van der Waals surface area (Å²) in [5, 5.41) is 9.87. The van der Waals surface area contributed by atoms with E-state index < -0.39 is 6.10 Å². The number of hydrogen-bond acceptors (Lipinski definition) is 4. The summed E-state index contributed by atoms with van der Waals surface area (Å²) in [7, 11) is 0. The molecule has 0 radical (unpaired) electrons. The first-order chi connectivity index (χ1) is 10.2. The molecule has 2 aliphatic heterocycles. The molecule has 0 saturated carbocycles. The van der Waals surface area contributed by atoms with Gasteiger partial charge in [0.2, 0.25) is 0 Å². The summed E-state index contributed by atoms with van der Waals surface area (Å²) < 4.78 is 12.3. The number of aliphatic hydroxyl groups excluding tert-OH is 1. The monoisotopic (exact) mass is 308 g/mol. The van der Waals surface area contributed by atoms with Crippen molar-refractivity contribution < 1.29 is 14.6 Å². The Morgan fingerprint density at radius 1 is 1.33 bits per heavy atom. The van der Waals surface area contributed by atoms with Crippen molar-refractivity contribution in [1.29, 1.82) is 0 Å². The molecule has 3 rings (SSSR count). The first-order valence-electron chi connectivity index (χ1n) is 7.84. The molecule has 1 spiro atoms. The van der Waals surface area contributed by atoms with Gasteiger partial charge in [0.15, 0.2) is 0 Å². The molecule has 2 atom stereocenters. The fourth-order valence-electron chi connectivity index (χ4n) is 3.29. The van der Waals surface area contributed by atoms with Gasteiger partial charge in [-0.15, -0.1) is 0 Å². The predicted octanol–water partition coefficient (Wildman–Crippen LogP) is 3.56. The van der Waals surface area contributed by atoms with Crippen molar-refractivity contribution in [2.75, 3.05) is 18.1 Å². The minimum atomic E-state index is -0.499. The smallest absolute Gasteiger partial charge is 0.125 e. The van der Waals surface area contributed by atoms with E-state index in [9.17, 15) is 5.11 Å². The van der Waals surface area contributed by atoms with E-state index in [0.717, 1.165) is 43.6 Å². The number of aliphatic hydroxyl groups is 1. The third kappa shape index (κ3) is 3.55. The predicted molar refractivity (Wildman–Crippen MR) is 86.0 cm³/mol. The molecule has 2 saturated heterocycles. The van der Waals surface area contributed by atoms with E-state index in [0.29, 0.717) is 0 Å². The van der Waals surface area contributed by atoms with Crippen LogP contribution in [0, 0.1) is 0 Å². The van der Waals surface area contributed by atoms with Crippen LogP contribution in [0.3, 0.4) is 0 Å². The van der Waals surface area contributed by atoms with E-state index in [2.05, 4.69) is 0 Å². The molecule has 1 aromatic rings. The van der Waals surface area contributed by atoms with Gasteiger partial charge >= 0.3 is 0 Å². The summed E-state index contributed by atoms with van der Waals surface area (Å²) >= 11 is 2.02. The molecule has 0 aromatic heterocycles. The largest absolute Gasteiger partial charge is 0.490 e. The van der Waals surface area contributed by atoms with Crippen molar-refractivity contribution in [2.45, 2.75) is 50.4 Å². The minimum absolute atomic E-state index is 0.0357. The van der Waals surface area contributed by atoms with Gasteiger partial charge in [-0.3, -0.25) is 0 Å². The zero-order chi connectivity index (χ0) is 14.7. The average molecular weight is 308 g/mol. The minimum Gasteiger partial charge on any atom is -0.490 e. The second kappa shape index (κ2) is 6.59. The van der Waals surface area contributed by atoms with Gasteiger partial charge in [-0.2, -0.15) is 11.8 Å². The Labute approximate surface area is 131 Å². The molecule has 116 valence electrons. The Morgan fingerprint density at radius 2 is 2.10 bits per heavy atom. The summed E-state index contributed by atoms with van der Waals surface area (Å²) in [6.45, 7) is 2.57. The second-order valence-electron chi connectivity index (χ2n) is 6.09. The highest BCUT2D eigenvalue weighted by atomic mass is 32.2. The van der Waals surface area contributed by atoms with Crippen molar-refractivity contribution in [2.24, 2.45) is 0 Å². The van der Waals surface area contributed by atoms with Crippen LogP contribution in [0.25, 0.3) is 0 Å². The summed E-state index contributed by atoms with van der Waals surface area (Å²) in [4.78, 5) is 0. The van der Waals surface area contributed by atoms with Crippen LogP contribution >= 0.6 is 11.8 Å². The van der Waals surface area contributed by atoms with Crippen molar-refractivity contribution >= 4 is 11.8 Å². The summed E-state index contributed by atoms with van der Waals surface area (Å²) in [5.41, 5.74) is 0.908. The highest BCUT2D eigenvalue weighted by molar-refractivity contribution is 7.99. The average Bonchev–Trinajstić information content (AvgIpc) is 2.48. The molecule has 2 aliphatic rings. The van der Waals surface area contributed by atoms with E-state index in [1.165, 1.54) is 11.5 Å². The van der Waals surface area contributed by atoms with Crippen LogP contribution in [0.5, 0.6) is 5.75 Å². The third-order valence-corrected chi connectivity index (χ3v) is 5.50. The van der Waals surface area contributed by atoms with Crippen LogP contribution in [0.15, 0.2) is 24.3 Å². The first-order valence-corrected chi connectivity index (χ1v) is 8.99. The Hall–Kier alpha value is -0.710. The maximum absolute atomic E-state index is 9.87. The van der Waals surface area contributed by atoms with Gasteiger partial charge in [-0.25, -0.2) is 0 Å². The quantitative estimate of drug-likeness (QED) is 0.926. The third-order valence-electron chi connectivity index (χ3n) is 4.51. The molecule has 0 aliphatic carbocycles. The van der Waals surface area contributed by atoms with Crippen LogP contribution in [0.2, 0.25) is 0 Å². The van der Waals surface area contributed by atoms with Crippen LogP contribution in [-0.2, 0) is 4.74 Å². The molecular formula is C17H24O3S. The zero-order valence-electron chi connectivity index (χ0n) is 12.6. The Morgan fingerprint density at radius 3 is 2.86 bits per heavy atom. The maximum Gasteiger partial charge on any atom is 0.125 e. The molecule has 0 bridgehead atoms. The Balaban J connectivity index is 1.70. The highest BCUT2D eigenvalue weighted by Crippen LogP contribution is 2.39. The number of ether oxygens (including phenoxy) is 2. The van der Waals surface area contributed by atoms with Gasteiger partial charge in [0.05, 0.1) is 18.3 Å². The molecule has 0 amide bonds. The lowest BCUT2D eigenvalue weighted by Gasteiger charge is -2.43. The van der Waals surface area contributed by atoms with E-state index in [-0.39, 0.29) is 11.7 Å². The van der Waals surface area contributed by atoms with Crippen LogP contribution in [0.1, 0.15) is 44.3 Å². The topological polar surface area (TPSA) is 38.7 Å². The molecule has 21 heavy (non-hydrogen) atoms. The molecule has 4 heteroatoms. The van der Waals surface area contributed by atoms with Crippen molar-refractivity contribution in [3.05, 3.63) is 29.8 Å². The van der Waals surface area contributed by atoms with Gasteiger partial charge in [0.1, 0.15) is 11.9 Å². The summed E-state index contributed by atoms with van der Waals surface area (Å²) in [5.74, 6) is 3.20. The van der Waals surface area contributed by atoms with Gasteiger partial charge in [-0.1, -0.05) is 18.2 Å². The second-order valence-corrected chi connectivity index (χ2v) is 7.32. The van der Waals surface area contributed by atoms with Gasteiger partial charge in [0, 0.05) is 18.4 Å². The number of para-hydroxylation sites is 1. The Bertz CT molecular complexity index is 463. The molecule has 1 aromatic carbocycles. The summed E-state index contributed by atoms with van der Waals surface area (Å²) in [6, 6.07) is 7.81. The SMILES string of the molecule is C[C@@H](O)c1ccccc1OC1CCOC2(CCSCC2)C1. The Kier molecular flexibility index (Phi) is 4.77. The van der Waals surface area contributed by atoms with Crippen LogP contribution in [-0.4, -0.2) is 34.9 Å². The maximum atomic E-state index is 9.87. The van der Waals surface area contributed by atoms with Gasteiger partial charge < -0.3 is 14.6 Å². The fraction of sp³-hybridized carbons (Fsp3) is 0.647. The van der Waals surface area contributed by atoms with Crippen LogP contribution < -0.4 is 4.74 Å². The van der Waals surface area contributed by atoms with E-state index in [1.807, 2.05) is 36.0 Å². The first kappa shape index (κ1) is 15.2. The molecular weight excluding hydrogens is 284 g/mol. The fourth-order valence-corrected chi connectivity index (χ4v) is 4.52. The lowest BCUT2D eigenvalue weighted by molar-refractivity contribution is -0.116. The number of rotatable bonds is 3. The number of hydrogen-bond donors (Lipinski definition) is 1. The van der Waals surface area contributed by atoms with Crippen molar-refractivity contribution in [1.82, 2.24) is 0 Å². The zero-order valence-corrected chi connectivity index (χ0v) is 13.4. The van der Waals surface area contributed by atoms with Crippen molar-refractivity contribution in [3.8, 4) is 5.75 Å². The lowest BCUT2D eigenvalue weighted by atomic mass is 9.86. The standard InChI is InChI=1S/C17H24O3S/c1-13(18)15-4-2-3-5-16(15)20-14-6-9-19-17(12-14)7-10-21-11-8-17/h2-5,13-14,18H,6-12H2,1H3/t13-,14?/m1/s1. The van der Waals surface area contributed by atoms with Gasteiger partial charge in [-0.05, 0) is 37.3 Å². The molecule has 3 nitrogen and oxygen atoms in total. The lowest BCUT2D eigenvalue weighted by Crippen LogP contribution is -2.46. The van der Waals surface area contributed by atoms with Crippen molar-refractivity contribution in [3.63, 3.8) is 0 Å². The van der Waals surface area contributed by atoms with E-state index in [4.69, 9.17) is 9.47 Å². The number of benzene rings is 1. The molecule has 1 N–H and O–H groups in total. The summed E-state index contributed by atoms with van der Waals surface area (Å²) in [6.07, 6.45) is 3.87. The van der Waals surface area contributed by atoms with E-state index >= 15 is 0 Å². The molecule has 2 fully saturated rings. The molecule has 1 unspecified atom stereocenters. The van der Waals surface area contributed by atoms with Crippen LogP contribution in [0.4, 0.5) is 0 Å².